The van der Waals surface area contributed by atoms with E-state index in [-0.39, 0.29) is 76.1 Å². The van der Waals surface area contributed by atoms with Crippen molar-refractivity contribution in [3.63, 3.8) is 0 Å². The number of carbonyl (C=O) groups excluding carboxylic acids is 2. The molecule has 6 aromatic carbocycles. The molecule has 2 amide bonds. The van der Waals surface area contributed by atoms with E-state index in [2.05, 4.69) is 37.7 Å². The summed E-state index contributed by atoms with van der Waals surface area (Å²) in [6, 6.07) is 26.7. The number of nitrogen functional groups attached to an aromatic ring is 1. The number of rotatable bonds is 11. The van der Waals surface area contributed by atoms with Crippen LogP contribution in [-0.2, 0) is 34.8 Å². The van der Waals surface area contributed by atoms with Gasteiger partial charge >= 0.3 is 12.4 Å². The topological polar surface area (TPSA) is 237 Å². The number of hydrogen-bond acceptors (Lipinski definition) is 13. The van der Waals surface area contributed by atoms with Gasteiger partial charge in [0.25, 0.3) is 27.9 Å². The Balaban J connectivity index is 0.000000155. The third kappa shape index (κ3) is 17.7. The number of nitrogens with two attached hydrogens (primary N) is 1. The van der Waals surface area contributed by atoms with Gasteiger partial charge in [-0.05, 0) is 201 Å². The van der Waals surface area contributed by atoms with E-state index in [4.69, 9.17) is 5.73 Å². The predicted octanol–water partition coefficient (Wildman–Crippen LogP) is 13.6. The Hall–Kier alpha value is -10.4. The Morgan fingerprint density at radius 3 is 1.18 bits per heavy atom. The van der Waals surface area contributed by atoms with Crippen molar-refractivity contribution < 1.29 is 49.6 Å². The zero-order valence-corrected chi connectivity index (χ0v) is 60.9. The first-order chi connectivity index (χ1) is 50.7. The SMILES string of the molecule is CC.Cc1ccc2c(=O)n([C@H]3CCN(C)C3)ccc2c1N.Cc1ccc2c(=O)n([C@H]3CCN(C)C3)ccc2c1NC(=O)Cc1ccc(C(F)(F)F)c(F)c1.Cc1ccc2c(=O)n([C@H]3CCN(C)C3)ccc2c1[N+](=O)[O-].Cc1ccc2c(=O)n([C@H]3CCNC3)ccc2c1NC(=O)Cc1ccc(C(F)(F)F)c(F)c1. The Kier molecular flexibility index (Phi) is 24.5. The molecule has 4 fully saturated rings. The minimum absolute atomic E-state index is 0.0280. The number of benzene rings is 6. The molecule has 10 aromatic rings. The summed E-state index contributed by atoms with van der Waals surface area (Å²) in [5, 5.41) is 24.4. The van der Waals surface area contributed by atoms with Crippen molar-refractivity contribution in [3.8, 4) is 0 Å². The van der Waals surface area contributed by atoms with Crippen LogP contribution >= 0.6 is 0 Å². The molecule has 4 aliphatic rings. The molecule has 4 saturated heterocycles. The average Bonchev–Trinajstić information content (AvgIpc) is 1.72. The summed E-state index contributed by atoms with van der Waals surface area (Å²) in [4.78, 5) is 93.9. The van der Waals surface area contributed by atoms with E-state index in [1.807, 2.05) is 63.8 Å². The van der Waals surface area contributed by atoms with Gasteiger partial charge in [-0.25, -0.2) is 8.78 Å². The molecule has 0 radical (unpaired) electrons. The molecule has 566 valence electrons. The molecule has 0 saturated carbocycles. The maximum absolute atomic E-state index is 13.8. The molecule has 0 spiro atoms. The highest BCUT2D eigenvalue weighted by atomic mass is 19.4. The van der Waals surface area contributed by atoms with Gasteiger partial charge in [-0.1, -0.05) is 50.2 Å². The number of amides is 2. The van der Waals surface area contributed by atoms with Gasteiger partial charge in [0.2, 0.25) is 11.8 Å². The number of halogens is 8. The molecule has 4 atom stereocenters. The Morgan fingerprint density at radius 2 is 0.832 bits per heavy atom. The average molecular weight is 1480 g/mol. The second-order valence-corrected chi connectivity index (χ2v) is 27.6. The van der Waals surface area contributed by atoms with E-state index in [1.165, 1.54) is 0 Å². The Labute approximate surface area is 611 Å². The highest BCUT2D eigenvalue weighted by Crippen LogP contribution is 2.36. The van der Waals surface area contributed by atoms with Crippen molar-refractivity contribution in [1.82, 2.24) is 38.3 Å². The van der Waals surface area contributed by atoms with Crippen LogP contribution in [0, 0.1) is 49.4 Å². The minimum atomic E-state index is -4.80. The largest absolute Gasteiger partial charge is 0.419 e. The third-order valence-corrected chi connectivity index (χ3v) is 20.1. The fraction of sp³-hybridized carbons (Fsp3) is 0.367. The van der Waals surface area contributed by atoms with Gasteiger partial charge in [-0.2, -0.15) is 26.3 Å². The number of likely N-dealkylation sites (tertiary alicyclic amines) is 3. The quantitative estimate of drug-likeness (QED) is 0.0408. The molecular formula is C79H86F8N12O8. The van der Waals surface area contributed by atoms with Gasteiger partial charge in [0.15, 0.2) is 0 Å². The van der Waals surface area contributed by atoms with Crippen LogP contribution in [0.3, 0.4) is 0 Å². The molecule has 107 heavy (non-hydrogen) atoms. The molecule has 4 aliphatic heterocycles. The second-order valence-electron chi connectivity index (χ2n) is 27.6. The van der Waals surface area contributed by atoms with Crippen LogP contribution in [0.2, 0.25) is 0 Å². The minimum Gasteiger partial charge on any atom is -0.398 e. The lowest BCUT2D eigenvalue weighted by atomic mass is 10.0. The van der Waals surface area contributed by atoms with Crippen molar-refractivity contribution in [2.75, 3.05) is 89.9 Å². The van der Waals surface area contributed by atoms with Crippen LogP contribution in [0.25, 0.3) is 43.1 Å². The number of fused-ring (bicyclic) bond motifs is 4. The van der Waals surface area contributed by atoms with E-state index < -0.39 is 51.9 Å². The first-order valence-corrected chi connectivity index (χ1v) is 35.3. The zero-order chi connectivity index (χ0) is 77.7. The standard InChI is InChI=1S/C24H23F4N3O2.C23H21F4N3O2.C15H17N3O3.C15H19N3O.C2H6/c1-14-3-5-18-17(8-10-31(23(18)33)16-7-9-30(2)13-16)22(14)29-21(32)12-15-4-6-19(20(25)11-15)24(26,27)28;1-13-2-4-17-16(7-9-30(22(17)32)15-6-8-28-12-15)21(13)29-20(31)11-14-3-5-18(19(24)10-14)23(25,26)27;1-10-3-4-13-12(14(10)18(20)21)6-8-17(15(13)19)11-5-7-16(2)9-11;1-10-3-4-13-12(14(10)16)6-8-18(15(13)19)11-5-7-17(2)9-11;1-2/h3-6,8,10-11,16H,7,9,12-13H2,1-2H3,(H,29,32);2-5,7,9-10,15,28H,6,8,11-12H2,1H3,(H,29,31);3-4,6,8,11H,5,7,9H2,1-2H3;3-4,6,8,11H,5,7,9,16H2,1-2H3;1-2H3/t16-;15-;2*11-;/m0000./s1. The summed E-state index contributed by atoms with van der Waals surface area (Å²) >= 11 is 0. The smallest absolute Gasteiger partial charge is 0.398 e. The number of likely N-dealkylation sites (N-methyl/N-ethyl adjacent to an activating group) is 3. The molecule has 5 N–H and O–H groups in total. The van der Waals surface area contributed by atoms with E-state index in [0.717, 1.165) is 117 Å². The lowest BCUT2D eigenvalue weighted by molar-refractivity contribution is -0.383. The van der Waals surface area contributed by atoms with E-state index in [9.17, 15) is 74.0 Å². The summed E-state index contributed by atoms with van der Waals surface area (Å²) in [7, 11) is 6.12. The fourth-order valence-corrected chi connectivity index (χ4v) is 14.4. The number of alkyl halides is 6. The molecule has 0 unspecified atom stereocenters. The lowest BCUT2D eigenvalue weighted by Gasteiger charge is -2.17. The van der Waals surface area contributed by atoms with Crippen LogP contribution in [0.1, 0.15) is 108 Å². The first-order valence-electron chi connectivity index (χ1n) is 35.3. The summed E-state index contributed by atoms with van der Waals surface area (Å²) < 4.78 is 111. The number of pyridine rings is 4. The number of carbonyl (C=O) groups is 2. The van der Waals surface area contributed by atoms with Crippen LogP contribution < -0.4 is 43.9 Å². The Bertz CT molecular complexity index is 5280. The molecule has 0 aliphatic carbocycles. The second kappa shape index (κ2) is 33.2. The van der Waals surface area contributed by atoms with Gasteiger partial charge in [0, 0.05) is 94.5 Å². The maximum Gasteiger partial charge on any atom is 0.419 e. The Morgan fingerprint density at radius 1 is 0.486 bits per heavy atom. The molecule has 0 bridgehead atoms. The molecule has 8 heterocycles. The van der Waals surface area contributed by atoms with Crippen LogP contribution in [-0.4, -0.2) is 123 Å². The third-order valence-electron chi connectivity index (χ3n) is 20.1. The summed E-state index contributed by atoms with van der Waals surface area (Å²) in [6.45, 7) is 18.2. The molecule has 14 rings (SSSR count). The number of nitro groups is 1. The van der Waals surface area contributed by atoms with Crippen molar-refractivity contribution in [2.45, 2.75) is 117 Å². The lowest BCUT2D eigenvalue weighted by Crippen LogP contribution is -2.26. The number of nitrogens with zero attached hydrogens (tertiary/aromatic N) is 8. The van der Waals surface area contributed by atoms with Crippen molar-refractivity contribution >= 4 is 77.7 Å². The highest BCUT2D eigenvalue weighted by Gasteiger charge is 2.36. The van der Waals surface area contributed by atoms with Gasteiger partial charge in [-0.3, -0.25) is 38.9 Å². The van der Waals surface area contributed by atoms with E-state index >= 15 is 0 Å². The van der Waals surface area contributed by atoms with Crippen molar-refractivity contribution in [1.29, 1.82) is 0 Å². The van der Waals surface area contributed by atoms with Crippen molar-refractivity contribution in [3.05, 3.63) is 242 Å². The van der Waals surface area contributed by atoms with Gasteiger partial charge < -0.3 is 54.7 Å². The van der Waals surface area contributed by atoms with Gasteiger partial charge in [0.05, 0.1) is 75.2 Å². The normalized spacial score (nSPS) is 17.6. The first kappa shape index (κ1) is 79.2. The summed E-state index contributed by atoms with van der Waals surface area (Å²) in [5.74, 6) is -3.89. The predicted molar refractivity (Wildman–Crippen MR) is 402 cm³/mol. The maximum atomic E-state index is 13.8. The number of nitro benzene ring substituents is 1. The highest BCUT2D eigenvalue weighted by molar-refractivity contribution is 6.05. The fourth-order valence-electron chi connectivity index (χ4n) is 14.4. The number of aromatic nitrogens is 4. The van der Waals surface area contributed by atoms with Crippen molar-refractivity contribution in [2.24, 2.45) is 0 Å². The van der Waals surface area contributed by atoms with Crippen LogP contribution in [0.4, 0.5) is 57.9 Å². The van der Waals surface area contributed by atoms with Gasteiger partial charge in [-0.15, -0.1) is 0 Å². The monoisotopic (exact) mass is 1480 g/mol. The van der Waals surface area contributed by atoms with Crippen LogP contribution in [0.5, 0.6) is 0 Å². The number of anilines is 3. The van der Waals surface area contributed by atoms with E-state index in [0.29, 0.717) is 79.7 Å². The zero-order valence-electron chi connectivity index (χ0n) is 60.9. The summed E-state index contributed by atoms with van der Waals surface area (Å²) in [6.07, 6.45) is 0.498. The summed E-state index contributed by atoms with van der Waals surface area (Å²) in [5.41, 5.74) is 7.86. The van der Waals surface area contributed by atoms with E-state index in [1.54, 1.807) is 108 Å². The van der Waals surface area contributed by atoms with Crippen LogP contribution in [0.15, 0.2) is 153 Å². The molecule has 28 heteroatoms. The number of nitrogens with one attached hydrogen (secondary N) is 3. The van der Waals surface area contributed by atoms with Gasteiger partial charge in [0.1, 0.15) is 11.6 Å². The number of aryl methyl sites for hydroxylation is 4. The number of hydrogen-bond donors (Lipinski definition) is 4. The molecule has 20 nitrogen and oxygen atoms in total. The molecular weight excluding hydrogens is 1400 g/mol. The molecule has 4 aromatic heterocycles.